The second-order valence-corrected chi connectivity index (χ2v) is 5.78. The minimum atomic E-state index is -1.21. The summed E-state index contributed by atoms with van der Waals surface area (Å²) in [7, 11) is 0. The zero-order valence-electron chi connectivity index (χ0n) is 11.4. The van der Waals surface area contributed by atoms with Crippen LogP contribution < -0.4 is 10.6 Å². The largest absolute Gasteiger partial charge is 0.480 e. The molecule has 116 valence electrons. The molecule has 5 nitrogen and oxygen atoms in total. The summed E-state index contributed by atoms with van der Waals surface area (Å²) in [4.78, 5) is 22.7. The Kier molecular flexibility index (Phi) is 6.07. The summed E-state index contributed by atoms with van der Waals surface area (Å²) in [5.74, 6) is -3.11. The molecule has 0 aromatic heterocycles. The first-order valence-corrected chi connectivity index (χ1v) is 6.95. The summed E-state index contributed by atoms with van der Waals surface area (Å²) in [5, 5.41) is 13.1. The third kappa shape index (κ3) is 5.30. The van der Waals surface area contributed by atoms with E-state index in [9.17, 15) is 18.4 Å². The normalized spacial score (nSPS) is 12.1. The van der Waals surface area contributed by atoms with Gasteiger partial charge in [0.2, 0.25) is 0 Å². The van der Waals surface area contributed by atoms with Crippen LogP contribution in [0.15, 0.2) is 16.6 Å². The summed E-state index contributed by atoms with van der Waals surface area (Å²) in [6, 6.07) is -0.141. The fourth-order valence-corrected chi connectivity index (χ4v) is 2.06. The fourth-order valence-electron chi connectivity index (χ4n) is 1.66. The molecule has 0 radical (unpaired) electrons. The van der Waals surface area contributed by atoms with Crippen molar-refractivity contribution in [2.24, 2.45) is 5.92 Å². The lowest BCUT2D eigenvalue weighted by atomic mass is 10.0. The van der Waals surface area contributed by atoms with E-state index >= 15 is 0 Å². The van der Waals surface area contributed by atoms with E-state index in [2.05, 4.69) is 21.2 Å². The number of carbonyl (C=O) groups excluding carboxylic acids is 1. The van der Waals surface area contributed by atoms with Gasteiger partial charge in [0, 0.05) is 4.47 Å². The second kappa shape index (κ2) is 7.35. The molecule has 0 aliphatic carbocycles. The molecule has 1 aromatic rings. The van der Waals surface area contributed by atoms with Crippen LogP contribution in [0.2, 0.25) is 0 Å². The topological polar surface area (TPSA) is 78.4 Å². The van der Waals surface area contributed by atoms with Gasteiger partial charge in [0.15, 0.2) is 11.6 Å². The molecule has 8 heteroatoms. The van der Waals surface area contributed by atoms with Gasteiger partial charge in [-0.3, -0.25) is 0 Å². The molecule has 2 amide bonds. The monoisotopic (exact) mass is 364 g/mol. The average Bonchev–Trinajstić information content (AvgIpc) is 2.32. The number of carboxylic acids is 1. The van der Waals surface area contributed by atoms with E-state index in [1.165, 1.54) is 0 Å². The molecule has 1 atom stereocenters. The van der Waals surface area contributed by atoms with Crippen molar-refractivity contribution < 1.29 is 23.5 Å². The Morgan fingerprint density at radius 3 is 2.24 bits per heavy atom. The number of urea groups is 1. The highest BCUT2D eigenvalue weighted by molar-refractivity contribution is 9.10. The lowest BCUT2D eigenvalue weighted by molar-refractivity contribution is -0.139. The van der Waals surface area contributed by atoms with Gasteiger partial charge in [-0.15, -0.1) is 0 Å². The number of halogens is 3. The van der Waals surface area contributed by atoms with Crippen molar-refractivity contribution in [3.8, 4) is 0 Å². The maximum atomic E-state index is 13.5. The van der Waals surface area contributed by atoms with Crippen LogP contribution in [0, 0.1) is 17.6 Å². The molecule has 0 fully saturated rings. The highest BCUT2D eigenvalue weighted by atomic mass is 79.9. The van der Waals surface area contributed by atoms with Crippen LogP contribution in [0.25, 0.3) is 0 Å². The number of anilines is 1. The Bertz CT molecular complexity index is 529. The number of nitrogens with one attached hydrogen (secondary N) is 2. The molecule has 0 bridgehead atoms. The van der Waals surface area contributed by atoms with Crippen molar-refractivity contribution in [3.63, 3.8) is 0 Å². The number of benzene rings is 1. The molecule has 1 aromatic carbocycles. The van der Waals surface area contributed by atoms with Crippen LogP contribution in [0.3, 0.4) is 0 Å². The van der Waals surface area contributed by atoms with Gasteiger partial charge >= 0.3 is 12.0 Å². The number of rotatable bonds is 5. The van der Waals surface area contributed by atoms with Crippen molar-refractivity contribution in [3.05, 3.63) is 28.2 Å². The molecule has 0 saturated heterocycles. The van der Waals surface area contributed by atoms with Crippen molar-refractivity contribution in [1.82, 2.24) is 5.32 Å². The van der Waals surface area contributed by atoms with Crippen molar-refractivity contribution in [2.45, 2.75) is 26.3 Å². The average molecular weight is 365 g/mol. The smallest absolute Gasteiger partial charge is 0.326 e. The number of aliphatic carboxylic acids is 1. The first-order chi connectivity index (χ1) is 9.70. The molecule has 21 heavy (non-hydrogen) atoms. The Hall–Kier alpha value is -1.70. The van der Waals surface area contributed by atoms with Crippen LogP contribution >= 0.6 is 15.9 Å². The SMILES string of the molecule is CC(C)C[C@H](NC(=O)Nc1c(F)cc(Br)cc1F)C(=O)O. The van der Waals surface area contributed by atoms with E-state index in [0.717, 1.165) is 12.1 Å². The Morgan fingerprint density at radius 2 is 1.81 bits per heavy atom. The third-order valence-electron chi connectivity index (χ3n) is 2.56. The molecule has 0 saturated carbocycles. The van der Waals surface area contributed by atoms with Crippen LogP contribution in [0.1, 0.15) is 20.3 Å². The van der Waals surface area contributed by atoms with Crippen molar-refractivity contribution >= 4 is 33.6 Å². The lowest BCUT2D eigenvalue weighted by Crippen LogP contribution is -2.43. The molecule has 1 rings (SSSR count). The molecule has 0 spiro atoms. The van der Waals surface area contributed by atoms with Gasteiger partial charge in [-0.25, -0.2) is 18.4 Å². The Morgan fingerprint density at radius 1 is 1.29 bits per heavy atom. The highest BCUT2D eigenvalue weighted by Gasteiger charge is 2.22. The fraction of sp³-hybridized carbons (Fsp3) is 0.385. The number of carbonyl (C=O) groups is 2. The van der Waals surface area contributed by atoms with E-state index in [-0.39, 0.29) is 16.8 Å². The van der Waals surface area contributed by atoms with Gasteiger partial charge in [0.25, 0.3) is 0 Å². The number of carboxylic acid groups (broad SMARTS) is 1. The van der Waals surface area contributed by atoms with Crippen molar-refractivity contribution in [2.75, 3.05) is 5.32 Å². The van der Waals surface area contributed by atoms with Gasteiger partial charge < -0.3 is 15.7 Å². The van der Waals surface area contributed by atoms with Gasteiger partial charge in [-0.1, -0.05) is 29.8 Å². The van der Waals surface area contributed by atoms with Crippen molar-refractivity contribution in [1.29, 1.82) is 0 Å². The standard InChI is InChI=1S/C13H15BrF2N2O3/c1-6(2)3-10(12(19)20)17-13(21)18-11-8(15)4-7(14)5-9(11)16/h4-6,10H,3H2,1-2H3,(H,19,20)(H2,17,18,21)/t10-/m0/s1. The number of hydrogen-bond donors (Lipinski definition) is 3. The van der Waals surface area contributed by atoms with Gasteiger partial charge in [0.05, 0.1) is 0 Å². The van der Waals surface area contributed by atoms with E-state index in [4.69, 9.17) is 5.11 Å². The minimum absolute atomic E-state index is 0.0348. The van der Waals surface area contributed by atoms with Crippen LogP contribution in [-0.2, 0) is 4.79 Å². The molecular weight excluding hydrogens is 350 g/mol. The predicted molar refractivity (Wildman–Crippen MR) is 77.1 cm³/mol. The molecule has 3 N–H and O–H groups in total. The summed E-state index contributed by atoms with van der Waals surface area (Å²) in [6.07, 6.45) is 0.202. The predicted octanol–water partition coefficient (Wildman–Crippen LogP) is 3.35. The Labute approximate surface area is 128 Å². The zero-order valence-corrected chi connectivity index (χ0v) is 13.0. The van der Waals surface area contributed by atoms with E-state index in [1.807, 2.05) is 5.32 Å². The summed E-state index contributed by atoms with van der Waals surface area (Å²) >= 11 is 2.91. The van der Waals surface area contributed by atoms with Gasteiger partial charge in [0.1, 0.15) is 11.7 Å². The zero-order chi connectivity index (χ0) is 16.2. The molecule has 0 heterocycles. The second-order valence-electron chi connectivity index (χ2n) is 4.86. The Balaban J connectivity index is 2.79. The van der Waals surface area contributed by atoms with Crippen LogP contribution in [0.5, 0.6) is 0 Å². The van der Waals surface area contributed by atoms with E-state index in [1.54, 1.807) is 13.8 Å². The lowest BCUT2D eigenvalue weighted by Gasteiger charge is -2.17. The van der Waals surface area contributed by atoms with Crippen LogP contribution in [-0.4, -0.2) is 23.1 Å². The molecular formula is C13H15BrF2N2O3. The number of hydrogen-bond acceptors (Lipinski definition) is 2. The molecule has 0 aliphatic heterocycles. The van der Waals surface area contributed by atoms with Gasteiger partial charge in [-0.2, -0.15) is 0 Å². The maximum absolute atomic E-state index is 13.5. The third-order valence-corrected chi connectivity index (χ3v) is 3.01. The highest BCUT2D eigenvalue weighted by Crippen LogP contribution is 2.23. The summed E-state index contributed by atoms with van der Waals surface area (Å²) in [5.41, 5.74) is -0.635. The van der Waals surface area contributed by atoms with E-state index in [0.29, 0.717) is 0 Å². The van der Waals surface area contributed by atoms with Gasteiger partial charge in [-0.05, 0) is 24.5 Å². The molecule has 0 aliphatic rings. The van der Waals surface area contributed by atoms with Crippen LogP contribution in [0.4, 0.5) is 19.3 Å². The summed E-state index contributed by atoms with van der Waals surface area (Å²) < 4.78 is 27.3. The maximum Gasteiger partial charge on any atom is 0.326 e. The first-order valence-electron chi connectivity index (χ1n) is 6.15. The van der Waals surface area contributed by atoms with E-state index < -0.39 is 35.4 Å². The summed E-state index contributed by atoms with van der Waals surface area (Å²) in [6.45, 7) is 3.59. The number of amides is 2. The minimum Gasteiger partial charge on any atom is -0.480 e. The first kappa shape index (κ1) is 17.4. The quantitative estimate of drug-likeness (QED) is 0.749. The molecule has 0 unspecified atom stereocenters.